The summed E-state index contributed by atoms with van der Waals surface area (Å²) in [6.07, 6.45) is 0.670. The molecule has 0 aliphatic carbocycles. The summed E-state index contributed by atoms with van der Waals surface area (Å²) < 4.78 is 40.7. The molecule has 228 valence electrons. The predicted molar refractivity (Wildman–Crippen MR) is 159 cm³/mol. The number of aromatic nitrogens is 3. The van der Waals surface area contributed by atoms with Crippen molar-refractivity contribution < 1.29 is 32.9 Å². The van der Waals surface area contributed by atoms with E-state index in [1.807, 2.05) is 37.3 Å². The first-order chi connectivity index (χ1) is 20.7. The number of carbonyl (C=O) groups is 1. The molecule has 1 atom stereocenters. The van der Waals surface area contributed by atoms with Crippen molar-refractivity contribution in [3.05, 3.63) is 82.4 Å². The van der Waals surface area contributed by atoms with Gasteiger partial charge in [0.15, 0.2) is 0 Å². The highest BCUT2D eigenvalue weighted by atomic mass is 32.2. The maximum Gasteiger partial charge on any atom is 0.306 e. The SMILES string of the molecule is CCOC(=O)CC(c1ccc2c(c1)CN(S(=O)(=O)c1ccc(O)cc1)CC2)c1ccc2c(nnn2CCOCCO)c1C. The van der Waals surface area contributed by atoms with Gasteiger partial charge in [-0.2, -0.15) is 4.31 Å². The van der Waals surface area contributed by atoms with Gasteiger partial charge in [0.05, 0.1) is 49.8 Å². The average molecular weight is 609 g/mol. The number of phenols is 1. The van der Waals surface area contributed by atoms with Gasteiger partial charge in [-0.1, -0.05) is 29.5 Å². The number of phenolic OH excluding ortho intramolecular Hbond substituents is 1. The minimum atomic E-state index is -3.76. The van der Waals surface area contributed by atoms with Crippen molar-refractivity contribution in [2.75, 3.05) is 33.0 Å². The number of aryl methyl sites for hydroxylation is 1. The standard InChI is InChI=1S/C31H36N4O7S/c1-3-42-30(38)19-28(27-10-11-29-31(21(27)2)32-33-35(29)14-16-41-17-15-36)23-5-4-22-12-13-34(20-24(22)18-23)43(39,40)26-8-6-25(37)7-9-26/h4-11,18,28,36-37H,3,12-17,19-20H2,1-2H3. The normalized spacial score (nSPS) is 14.5. The van der Waals surface area contributed by atoms with E-state index < -0.39 is 10.0 Å². The number of hydrogen-bond acceptors (Lipinski definition) is 9. The van der Waals surface area contributed by atoms with E-state index in [0.717, 1.165) is 38.9 Å². The predicted octanol–water partition coefficient (Wildman–Crippen LogP) is 3.29. The third-order valence-electron chi connectivity index (χ3n) is 7.80. The van der Waals surface area contributed by atoms with E-state index in [2.05, 4.69) is 10.3 Å². The van der Waals surface area contributed by atoms with Crippen LogP contribution in [0.4, 0.5) is 0 Å². The van der Waals surface area contributed by atoms with Crippen LogP contribution in [0.1, 0.15) is 47.1 Å². The van der Waals surface area contributed by atoms with Crippen LogP contribution in [-0.2, 0) is 43.8 Å². The Morgan fingerprint density at radius 1 is 1.07 bits per heavy atom. The van der Waals surface area contributed by atoms with E-state index in [4.69, 9.17) is 14.6 Å². The molecule has 0 amide bonds. The summed E-state index contributed by atoms with van der Waals surface area (Å²) in [4.78, 5) is 12.9. The number of hydrogen-bond donors (Lipinski definition) is 2. The van der Waals surface area contributed by atoms with Crippen molar-refractivity contribution in [2.45, 2.75) is 50.6 Å². The summed E-state index contributed by atoms with van der Waals surface area (Å²) in [6, 6.07) is 15.5. The van der Waals surface area contributed by atoms with Crippen LogP contribution in [-0.4, -0.2) is 76.9 Å². The molecule has 1 aliphatic rings. The minimum Gasteiger partial charge on any atom is -0.508 e. The van der Waals surface area contributed by atoms with Gasteiger partial charge in [-0.05, 0) is 78.4 Å². The molecule has 1 unspecified atom stereocenters. The molecule has 0 fully saturated rings. The minimum absolute atomic E-state index is 0.00307. The third-order valence-corrected chi connectivity index (χ3v) is 9.66. The van der Waals surface area contributed by atoms with E-state index >= 15 is 0 Å². The van der Waals surface area contributed by atoms with E-state index in [-0.39, 0.29) is 55.3 Å². The lowest BCUT2D eigenvalue weighted by Crippen LogP contribution is -2.36. The van der Waals surface area contributed by atoms with Crippen molar-refractivity contribution in [1.29, 1.82) is 0 Å². The van der Waals surface area contributed by atoms with E-state index in [0.29, 0.717) is 26.1 Å². The Hall–Kier alpha value is -3.84. The lowest BCUT2D eigenvalue weighted by Gasteiger charge is -2.29. The number of aromatic hydroxyl groups is 1. The monoisotopic (exact) mass is 608 g/mol. The van der Waals surface area contributed by atoms with Crippen LogP contribution in [0.15, 0.2) is 59.5 Å². The molecule has 2 heterocycles. The molecule has 5 rings (SSSR count). The summed E-state index contributed by atoms with van der Waals surface area (Å²) in [6.45, 7) is 5.63. The van der Waals surface area contributed by atoms with Crippen molar-refractivity contribution in [3.8, 4) is 5.75 Å². The lowest BCUT2D eigenvalue weighted by molar-refractivity contribution is -0.143. The lowest BCUT2D eigenvalue weighted by atomic mass is 9.83. The molecule has 0 saturated carbocycles. The first kappa shape index (κ1) is 30.6. The van der Waals surface area contributed by atoms with E-state index in [1.165, 1.54) is 28.6 Å². The number of esters is 1. The van der Waals surface area contributed by atoms with Crippen LogP contribution < -0.4 is 0 Å². The molecule has 0 saturated heterocycles. The Morgan fingerprint density at radius 3 is 2.60 bits per heavy atom. The second kappa shape index (κ2) is 13.2. The molecule has 0 spiro atoms. The number of aliphatic hydroxyl groups is 1. The highest BCUT2D eigenvalue weighted by Crippen LogP contribution is 2.36. The number of ether oxygens (including phenoxy) is 2. The molecule has 1 aromatic heterocycles. The smallest absolute Gasteiger partial charge is 0.306 e. The van der Waals surface area contributed by atoms with E-state index in [9.17, 15) is 18.3 Å². The summed E-state index contributed by atoms with van der Waals surface area (Å²) in [7, 11) is -3.76. The zero-order valence-electron chi connectivity index (χ0n) is 24.3. The topological polar surface area (TPSA) is 144 Å². The van der Waals surface area contributed by atoms with Crippen LogP contribution >= 0.6 is 0 Å². The zero-order valence-corrected chi connectivity index (χ0v) is 25.1. The van der Waals surface area contributed by atoms with Gasteiger partial charge < -0.3 is 19.7 Å². The Kier molecular flexibility index (Phi) is 9.40. The van der Waals surface area contributed by atoms with Gasteiger partial charge in [0.1, 0.15) is 11.3 Å². The van der Waals surface area contributed by atoms with Crippen molar-refractivity contribution in [1.82, 2.24) is 19.3 Å². The Bertz CT molecular complexity index is 1700. The number of aliphatic hydroxyl groups excluding tert-OH is 1. The second-order valence-corrected chi connectivity index (χ2v) is 12.4. The van der Waals surface area contributed by atoms with Gasteiger partial charge >= 0.3 is 5.97 Å². The molecule has 43 heavy (non-hydrogen) atoms. The summed E-state index contributed by atoms with van der Waals surface area (Å²) >= 11 is 0. The second-order valence-electron chi connectivity index (χ2n) is 10.5. The molecular weight excluding hydrogens is 572 g/mol. The zero-order chi connectivity index (χ0) is 30.6. The van der Waals surface area contributed by atoms with Gasteiger partial charge in [0, 0.05) is 19.0 Å². The van der Waals surface area contributed by atoms with Crippen molar-refractivity contribution in [2.24, 2.45) is 0 Å². The number of benzene rings is 3. The summed E-state index contributed by atoms with van der Waals surface area (Å²) in [5.41, 5.74) is 6.18. The van der Waals surface area contributed by atoms with Crippen LogP contribution in [0.3, 0.4) is 0 Å². The highest BCUT2D eigenvalue weighted by molar-refractivity contribution is 7.89. The van der Waals surface area contributed by atoms with Crippen LogP contribution in [0, 0.1) is 6.92 Å². The maximum atomic E-state index is 13.4. The van der Waals surface area contributed by atoms with Gasteiger partial charge in [-0.15, -0.1) is 5.10 Å². The first-order valence-corrected chi connectivity index (χ1v) is 15.7. The third kappa shape index (κ3) is 6.57. The van der Waals surface area contributed by atoms with Crippen LogP contribution in [0.2, 0.25) is 0 Å². The quantitative estimate of drug-likeness (QED) is 0.183. The highest BCUT2D eigenvalue weighted by Gasteiger charge is 2.30. The fourth-order valence-corrected chi connectivity index (χ4v) is 7.00. The fourth-order valence-electron chi connectivity index (χ4n) is 5.58. The summed E-state index contributed by atoms with van der Waals surface area (Å²) in [5, 5.41) is 27.3. The maximum absolute atomic E-state index is 13.4. The number of sulfonamides is 1. The number of fused-ring (bicyclic) bond motifs is 2. The molecule has 2 N–H and O–H groups in total. The average Bonchev–Trinajstić information content (AvgIpc) is 3.42. The Morgan fingerprint density at radius 2 is 1.86 bits per heavy atom. The van der Waals surface area contributed by atoms with Crippen molar-refractivity contribution in [3.63, 3.8) is 0 Å². The Labute approximate surface area is 250 Å². The molecule has 1 aliphatic heterocycles. The first-order valence-electron chi connectivity index (χ1n) is 14.3. The molecule has 0 radical (unpaired) electrons. The molecule has 4 aromatic rings. The molecule has 12 heteroatoms. The van der Waals surface area contributed by atoms with Crippen molar-refractivity contribution >= 4 is 27.0 Å². The largest absolute Gasteiger partial charge is 0.508 e. The molecule has 0 bridgehead atoms. The van der Waals surface area contributed by atoms with Gasteiger partial charge in [-0.25, -0.2) is 13.1 Å². The summed E-state index contributed by atoms with van der Waals surface area (Å²) in [5.74, 6) is -0.676. The molecule has 3 aromatic carbocycles. The molecular formula is C31H36N4O7S. The number of carbonyl (C=O) groups excluding carboxylic acids is 1. The fraction of sp³-hybridized carbons (Fsp3) is 0.387. The van der Waals surface area contributed by atoms with Gasteiger partial charge in [0.2, 0.25) is 10.0 Å². The van der Waals surface area contributed by atoms with Gasteiger partial charge in [0.25, 0.3) is 0 Å². The van der Waals surface area contributed by atoms with E-state index in [1.54, 1.807) is 11.6 Å². The van der Waals surface area contributed by atoms with Gasteiger partial charge in [-0.3, -0.25) is 4.79 Å². The van der Waals surface area contributed by atoms with Crippen LogP contribution in [0.25, 0.3) is 11.0 Å². The Balaban J connectivity index is 1.47. The number of rotatable bonds is 12. The van der Waals surface area contributed by atoms with Crippen LogP contribution in [0.5, 0.6) is 5.75 Å². The number of nitrogens with zero attached hydrogens (tertiary/aromatic N) is 4. The molecule has 11 nitrogen and oxygen atoms in total.